The van der Waals surface area contributed by atoms with E-state index in [1.54, 1.807) is 7.11 Å². The van der Waals surface area contributed by atoms with E-state index >= 15 is 0 Å². The van der Waals surface area contributed by atoms with E-state index in [0.717, 1.165) is 35.9 Å². The van der Waals surface area contributed by atoms with Crippen LogP contribution in [0.25, 0.3) is 11.1 Å². The fraction of sp³-hybridized carbons (Fsp3) is 0.120. The largest absolute Gasteiger partial charge is 0.497 e. The number of methoxy groups -OCH3 is 1. The quantitative estimate of drug-likeness (QED) is 0.432. The lowest BCUT2D eigenvalue weighted by atomic mass is 10.1. The van der Waals surface area contributed by atoms with Crippen LogP contribution in [0.15, 0.2) is 97.3 Å². The Bertz CT molecular complexity index is 976. The van der Waals surface area contributed by atoms with Crippen molar-refractivity contribution in [2.24, 2.45) is 0 Å². The average Bonchev–Trinajstić information content (AvgIpc) is 2.80. The molecule has 4 aromatic rings. The third-order valence-electron chi connectivity index (χ3n) is 4.78. The third-order valence-corrected chi connectivity index (χ3v) is 4.78. The van der Waals surface area contributed by atoms with Crippen LogP contribution in [-0.2, 0) is 13.1 Å². The van der Waals surface area contributed by atoms with Gasteiger partial charge in [-0.05, 0) is 28.8 Å². The number of benzene rings is 3. The highest BCUT2D eigenvalue weighted by Crippen LogP contribution is 2.23. The second-order valence-electron chi connectivity index (χ2n) is 6.83. The molecule has 0 N–H and O–H groups in total. The van der Waals surface area contributed by atoms with E-state index in [2.05, 4.69) is 63.4 Å². The first-order valence-corrected chi connectivity index (χ1v) is 9.61. The molecule has 0 aliphatic heterocycles. The number of aromatic nitrogens is 2. The first kappa shape index (κ1) is 18.7. The predicted molar refractivity (Wildman–Crippen MR) is 117 cm³/mol. The van der Waals surface area contributed by atoms with Crippen molar-refractivity contribution in [2.45, 2.75) is 13.1 Å². The van der Waals surface area contributed by atoms with Crippen LogP contribution in [0.3, 0.4) is 0 Å². The summed E-state index contributed by atoms with van der Waals surface area (Å²) in [6.45, 7) is 1.50. The maximum Gasteiger partial charge on any atom is 0.225 e. The second kappa shape index (κ2) is 9.02. The van der Waals surface area contributed by atoms with E-state index < -0.39 is 0 Å². The van der Waals surface area contributed by atoms with Crippen molar-refractivity contribution in [3.05, 3.63) is 108 Å². The van der Waals surface area contributed by atoms with Gasteiger partial charge in [0.2, 0.25) is 5.95 Å². The van der Waals surface area contributed by atoms with E-state index in [1.807, 2.05) is 48.8 Å². The molecule has 0 spiro atoms. The van der Waals surface area contributed by atoms with Crippen molar-refractivity contribution in [3.8, 4) is 16.9 Å². The Labute approximate surface area is 171 Å². The number of ether oxygens (including phenoxy) is 1. The van der Waals surface area contributed by atoms with Gasteiger partial charge in [0.15, 0.2) is 0 Å². The summed E-state index contributed by atoms with van der Waals surface area (Å²) in [5, 5.41) is 0. The lowest BCUT2D eigenvalue weighted by Crippen LogP contribution is -2.24. The average molecular weight is 381 g/mol. The zero-order valence-corrected chi connectivity index (χ0v) is 16.4. The zero-order valence-electron chi connectivity index (χ0n) is 16.4. The lowest BCUT2D eigenvalue weighted by molar-refractivity contribution is 0.415. The highest BCUT2D eigenvalue weighted by molar-refractivity contribution is 5.63. The topological polar surface area (TPSA) is 38.2 Å². The van der Waals surface area contributed by atoms with E-state index in [1.165, 1.54) is 11.1 Å². The Morgan fingerprint density at radius 2 is 1.17 bits per heavy atom. The molecule has 0 fully saturated rings. The standard InChI is InChI=1S/C25H23N3O/c1-29-24-14-12-22(13-15-24)23-16-26-25(27-17-23)28(18-20-8-4-2-5-9-20)19-21-10-6-3-7-11-21/h2-17H,18-19H2,1H3. The highest BCUT2D eigenvalue weighted by atomic mass is 16.5. The Balaban J connectivity index is 1.59. The Morgan fingerprint density at radius 1 is 0.655 bits per heavy atom. The summed E-state index contributed by atoms with van der Waals surface area (Å²) in [6, 6.07) is 28.7. The van der Waals surface area contributed by atoms with E-state index in [9.17, 15) is 0 Å². The van der Waals surface area contributed by atoms with Crippen LogP contribution in [0.4, 0.5) is 5.95 Å². The zero-order chi connectivity index (χ0) is 19.9. The molecular weight excluding hydrogens is 358 g/mol. The first-order valence-electron chi connectivity index (χ1n) is 9.61. The molecule has 0 saturated carbocycles. The van der Waals surface area contributed by atoms with Crippen molar-refractivity contribution in [3.63, 3.8) is 0 Å². The summed E-state index contributed by atoms with van der Waals surface area (Å²) in [6.07, 6.45) is 3.76. The minimum atomic E-state index is 0.718. The maximum atomic E-state index is 5.23. The Hall–Kier alpha value is -3.66. The smallest absolute Gasteiger partial charge is 0.225 e. The highest BCUT2D eigenvalue weighted by Gasteiger charge is 2.12. The van der Waals surface area contributed by atoms with Crippen LogP contribution >= 0.6 is 0 Å². The molecule has 0 amide bonds. The molecule has 0 unspecified atom stereocenters. The second-order valence-corrected chi connectivity index (χ2v) is 6.83. The van der Waals surface area contributed by atoms with Gasteiger partial charge in [0.25, 0.3) is 0 Å². The van der Waals surface area contributed by atoms with E-state index in [-0.39, 0.29) is 0 Å². The molecule has 0 atom stereocenters. The third kappa shape index (κ3) is 4.79. The van der Waals surface area contributed by atoms with Gasteiger partial charge in [-0.15, -0.1) is 0 Å². The fourth-order valence-electron chi connectivity index (χ4n) is 3.22. The van der Waals surface area contributed by atoms with Crippen molar-refractivity contribution in [2.75, 3.05) is 12.0 Å². The van der Waals surface area contributed by atoms with Crippen LogP contribution in [0.1, 0.15) is 11.1 Å². The minimum Gasteiger partial charge on any atom is -0.497 e. The summed E-state index contributed by atoms with van der Waals surface area (Å²) in [5.74, 6) is 1.55. The number of nitrogens with zero attached hydrogens (tertiary/aromatic N) is 3. The molecule has 4 heteroatoms. The molecule has 29 heavy (non-hydrogen) atoms. The van der Waals surface area contributed by atoms with Gasteiger partial charge in [0.05, 0.1) is 7.11 Å². The Morgan fingerprint density at radius 3 is 1.66 bits per heavy atom. The van der Waals surface area contributed by atoms with Gasteiger partial charge in [-0.1, -0.05) is 72.8 Å². The molecule has 4 nitrogen and oxygen atoms in total. The van der Waals surface area contributed by atoms with E-state index in [4.69, 9.17) is 4.74 Å². The number of hydrogen-bond acceptors (Lipinski definition) is 4. The van der Waals surface area contributed by atoms with Crippen LogP contribution < -0.4 is 9.64 Å². The fourth-order valence-corrected chi connectivity index (χ4v) is 3.22. The number of rotatable bonds is 7. The summed E-state index contributed by atoms with van der Waals surface area (Å²) < 4.78 is 5.23. The van der Waals surface area contributed by atoms with Gasteiger partial charge in [-0.25, -0.2) is 9.97 Å². The molecule has 0 aliphatic rings. The molecule has 0 aliphatic carbocycles. The normalized spacial score (nSPS) is 10.5. The molecule has 144 valence electrons. The van der Waals surface area contributed by atoms with Crippen LogP contribution in [0, 0.1) is 0 Å². The molecule has 4 rings (SSSR count). The van der Waals surface area contributed by atoms with Crippen molar-refractivity contribution in [1.29, 1.82) is 0 Å². The van der Waals surface area contributed by atoms with Crippen LogP contribution in [0.5, 0.6) is 5.75 Å². The van der Waals surface area contributed by atoms with Crippen LogP contribution in [-0.4, -0.2) is 17.1 Å². The van der Waals surface area contributed by atoms with Gasteiger partial charge in [0, 0.05) is 31.0 Å². The summed E-state index contributed by atoms with van der Waals surface area (Å²) in [4.78, 5) is 11.5. The van der Waals surface area contributed by atoms with Crippen molar-refractivity contribution in [1.82, 2.24) is 9.97 Å². The molecule has 1 aromatic heterocycles. The molecule has 3 aromatic carbocycles. The Kier molecular flexibility index (Phi) is 5.81. The molecule has 1 heterocycles. The summed E-state index contributed by atoms with van der Waals surface area (Å²) >= 11 is 0. The van der Waals surface area contributed by atoms with Gasteiger partial charge in [0.1, 0.15) is 5.75 Å². The lowest BCUT2D eigenvalue weighted by Gasteiger charge is -2.23. The van der Waals surface area contributed by atoms with Gasteiger partial charge in [-0.3, -0.25) is 0 Å². The van der Waals surface area contributed by atoms with Crippen LogP contribution in [0.2, 0.25) is 0 Å². The number of anilines is 1. The van der Waals surface area contributed by atoms with Gasteiger partial charge < -0.3 is 9.64 Å². The van der Waals surface area contributed by atoms with Crippen molar-refractivity contribution >= 4 is 5.95 Å². The van der Waals surface area contributed by atoms with Crippen molar-refractivity contribution < 1.29 is 4.74 Å². The number of hydrogen-bond donors (Lipinski definition) is 0. The summed E-state index contributed by atoms with van der Waals surface area (Å²) in [5.41, 5.74) is 4.50. The maximum absolute atomic E-state index is 5.23. The minimum absolute atomic E-state index is 0.718. The molecule has 0 radical (unpaired) electrons. The first-order chi connectivity index (χ1) is 14.3. The predicted octanol–water partition coefficient (Wildman–Crippen LogP) is 5.36. The van der Waals surface area contributed by atoms with Gasteiger partial charge >= 0.3 is 0 Å². The van der Waals surface area contributed by atoms with E-state index in [0.29, 0.717) is 0 Å². The summed E-state index contributed by atoms with van der Waals surface area (Å²) in [7, 11) is 1.67. The van der Waals surface area contributed by atoms with Gasteiger partial charge in [-0.2, -0.15) is 0 Å². The molecule has 0 saturated heterocycles. The SMILES string of the molecule is COc1ccc(-c2cnc(N(Cc3ccccc3)Cc3ccccc3)nc2)cc1. The molecular formula is C25H23N3O. The molecule has 0 bridgehead atoms. The monoisotopic (exact) mass is 381 g/mol.